The number of rotatable bonds is 7. The van der Waals surface area contributed by atoms with Crippen LogP contribution in [0.15, 0.2) is 0 Å². The Morgan fingerprint density at radius 2 is 1.56 bits per heavy atom. The molecule has 0 saturated carbocycles. The first-order valence-electron chi connectivity index (χ1n) is 4.17. The fourth-order valence-electron chi connectivity index (χ4n) is 0.806. The van der Waals surface area contributed by atoms with E-state index in [1.54, 1.807) is 0 Å². The van der Waals surface area contributed by atoms with E-state index >= 15 is 0 Å². The van der Waals surface area contributed by atoms with E-state index in [0.717, 1.165) is 0 Å². The molecular formula is C6H14O9Si. The molecule has 0 aromatic rings. The summed E-state index contributed by atoms with van der Waals surface area (Å²) in [6, 6.07) is 0. The number of aliphatic hydroxyl groups excluding tert-OH is 4. The maximum absolute atomic E-state index is 10.0. The smallest absolute Gasteiger partial charge is 0.388 e. The number of hydrogen-bond acceptors (Lipinski definition) is 9. The van der Waals surface area contributed by atoms with Crippen molar-refractivity contribution >= 4 is 15.3 Å². The molecule has 0 aliphatic carbocycles. The fourth-order valence-corrected chi connectivity index (χ4v) is 1.20. The topological polar surface area (TPSA) is 168 Å². The molecule has 0 rings (SSSR count). The molecule has 0 heterocycles. The van der Waals surface area contributed by atoms with Gasteiger partial charge in [-0.15, -0.1) is 0 Å². The summed E-state index contributed by atoms with van der Waals surface area (Å²) in [6.07, 6.45) is -7.67. The Labute approximate surface area is 91.3 Å². The number of hydrogen-bond donors (Lipinski definition) is 7. The van der Waals surface area contributed by atoms with Gasteiger partial charge in [0.05, 0.1) is 6.61 Å². The molecule has 0 aliphatic heterocycles. The van der Waals surface area contributed by atoms with Gasteiger partial charge in [-0.2, -0.15) is 0 Å². The van der Waals surface area contributed by atoms with Gasteiger partial charge in [0.15, 0.2) is 6.29 Å². The number of carbonyl (C=O) groups is 1. The van der Waals surface area contributed by atoms with Crippen LogP contribution in [0, 0.1) is 0 Å². The first-order chi connectivity index (χ1) is 7.19. The molecule has 0 aromatic heterocycles. The third kappa shape index (κ3) is 5.60. The Balaban J connectivity index is 4.17. The van der Waals surface area contributed by atoms with E-state index in [4.69, 9.17) is 34.8 Å². The highest BCUT2D eigenvalue weighted by atomic mass is 28.4. The largest absolute Gasteiger partial charge is 0.671 e. The zero-order chi connectivity index (χ0) is 12.9. The van der Waals surface area contributed by atoms with Crippen LogP contribution < -0.4 is 0 Å². The van der Waals surface area contributed by atoms with Crippen molar-refractivity contribution in [3.8, 4) is 0 Å². The molecule has 0 unspecified atom stereocenters. The van der Waals surface area contributed by atoms with Crippen LogP contribution in [-0.4, -0.2) is 81.2 Å². The Bertz CT molecular complexity index is 217. The van der Waals surface area contributed by atoms with Gasteiger partial charge in [-0.25, -0.2) is 0 Å². The molecular weight excluding hydrogens is 244 g/mol. The van der Waals surface area contributed by atoms with Gasteiger partial charge in [0.1, 0.15) is 24.4 Å². The monoisotopic (exact) mass is 258 g/mol. The summed E-state index contributed by atoms with van der Waals surface area (Å²) in [5.41, 5.74) is 0. The lowest BCUT2D eigenvalue weighted by molar-refractivity contribution is -0.137. The number of aliphatic hydroxyl groups is 4. The van der Waals surface area contributed by atoms with Crippen LogP contribution in [0.5, 0.6) is 0 Å². The van der Waals surface area contributed by atoms with Crippen molar-refractivity contribution in [2.75, 3.05) is 6.61 Å². The summed E-state index contributed by atoms with van der Waals surface area (Å²) in [6.45, 7) is -0.889. The van der Waals surface area contributed by atoms with Gasteiger partial charge in [0.2, 0.25) is 0 Å². The molecule has 96 valence electrons. The molecule has 4 atom stereocenters. The van der Waals surface area contributed by atoms with Crippen LogP contribution in [0.2, 0.25) is 0 Å². The van der Waals surface area contributed by atoms with E-state index < -0.39 is 40.1 Å². The van der Waals surface area contributed by atoms with Crippen molar-refractivity contribution in [1.82, 2.24) is 0 Å². The maximum Gasteiger partial charge on any atom is 0.671 e. The average molecular weight is 258 g/mol. The van der Waals surface area contributed by atoms with Crippen LogP contribution in [0.3, 0.4) is 0 Å². The molecule has 0 aliphatic rings. The van der Waals surface area contributed by atoms with Gasteiger partial charge in [0, 0.05) is 0 Å². The molecule has 0 fully saturated rings. The third-order valence-electron chi connectivity index (χ3n) is 1.68. The van der Waals surface area contributed by atoms with Gasteiger partial charge < -0.3 is 44.0 Å². The number of aldehydes is 1. The summed E-state index contributed by atoms with van der Waals surface area (Å²) in [5.74, 6) is 0. The Hall–Kier alpha value is -0.433. The quantitative estimate of drug-likeness (QED) is 0.175. The zero-order valence-electron chi connectivity index (χ0n) is 8.04. The van der Waals surface area contributed by atoms with Gasteiger partial charge >= 0.3 is 9.05 Å². The van der Waals surface area contributed by atoms with E-state index in [-0.39, 0.29) is 6.29 Å². The summed E-state index contributed by atoms with van der Waals surface area (Å²) in [5, 5.41) is 36.1. The molecule has 0 spiro atoms. The van der Waals surface area contributed by atoms with E-state index in [1.165, 1.54) is 0 Å². The minimum absolute atomic E-state index is 0.0510. The van der Waals surface area contributed by atoms with Crippen molar-refractivity contribution in [3.05, 3.63) is 0 Å². The van der Waals surface area contributed by atoms with Crippen molar-refractivity contribution in [3.63, 3.8) is 0 Å². The highest BCUT2D eigenvalue weighted by Gasteiger charge is 2.35. The van der Waals surface area contributed by atoms with Crippen molar-refractivity contribution in [1.29, 1.82) is 0 Å². The van der Waals surface area contributed by atoms with Crippen LogP contribution >= 0.6 is 0 Å². The van der Waals surface area contributed by atoms with E-state index in [0.29, 0.717) is 0 Å². The minimum Gasteiger partial charge on any atom is -0.388 e. The van der Waals surface area contributed by atoms with Crippen molar-refractivity contribution in [2.24, 2.45) is 0 Å². The summed E-state index contributed by atoms with van der Waals surface area (Å²) in [4.78, 5) is 35.3. The SMILES string of the molecule is O=C[C@H](O)[C@@H](O)[C@H](O)[C@H](O)CO[Si](O)(O)O. The standard InChI is InChI=1S/C6H14O9Si/c7-1-3(8)5(10)6(11)4(9)2-15-16(12,13)14/h1,3-6,8-14H,2H2/t3-,4+,5+,6+/m0/s1. The molecule has 9 nitrogen and oxygen atoms in total. The summed E-state index contributed by atoms with van der Waals surface area (Å²) < 4.78 is 3.99. The van der Waals surface area contributed by atoms with Gasteiger partial charge in [-0.3, -0.25) is 0 Å². The highest BCUT2D eigenvalue weighted by molar-refractivity contribution is 6.48. The lowest BCUT2D eigenvalue weighted by Gasteiger charge is -2.24. The van der Waals surface area contributed by atoms with Gasteiger partial charge in [-0.1, -0.05) is 0 Å². The van der Waals surface area contributed by atoms with Crippen LogP contribution in [-0.2, 0) is 9.22 Å². The Kier molecular flexibility index (Phi) is 6.17. The second-order valence-electron chi connectivity index (χ2n) is 3.06. The van der Waals surface area contributed by atoms with Crippen LogP contribution in [0.25, 0.3) is 0 Å². The molecule has 0 bridgehead atoms. The predicted molar refractivity (Wildman–Crippen MR) is 48.5 cm³/mol. The molecule has 0 saturated heterocycles. The molecule has 0 aromatic carbocycles. The zero-order valence-corrected chi connectivity index (χ0v) is 9.04. The molecule has 0 amide bonds. The first kappa shape index (κ1) is 15.6. The Morgan fingerprint density at radius 3 is 1.94 bits per heavy atom. The molecule has 0 radical (unpaired) electrons. The first-order valence-corrected chi connectivity index (χ1v) is 5.92. The predicted octanol–water partition coefficient (Wildman–Crippen LogP) is -4.94. The van der Waals surface area contributed by atoms with Crippen molar-refractivity contribution < 1.29 is 44.0 Å². The molecule has 16 heavy (non-hydrogen) atoms. The van der Waals surface area contributed by atoms with Crippen molar-refractivity contribution in [2.45, 2.75) is 24.4 Å². The van der Waals surface area contributed by atoms with Crippen LogP contribution in [0.4, 0.5) is 0 Å². The normalized spacial score (nSPS) is 19.9. The lowest BCUT2D eigenvalue weighted by atomic mass is 10.0. The summed E-state index contributed by atoms with van der Waals surface area (Å²) >= 11 is 0. The van der Waals surface area contributed by atoms with Gasteiger partial charge in [0.25, 0.3) is 0 Å². The second kappa shape index (κ2) is 6.34. The maximum atomic E-state index is 10.0. The third-order valence-corrected chi connectivity index (χ3v) is 2.24. The van der Waals surface area contributed by atoms with E-state index in [2.05, 4.69) is 4.43 Å². The minimum atomic E-state index is -4.82. The second-order valence-corrected chi connectivity index (χ2v) is 4.50. The average Bonchev–Trinajstić information content (AvgIpc) is 2.21. The lowest BCUT2D eigenvalue weighted by Crippen LogP contribution is -2.49. The number of carbonyl (C=O) groups excluding carboxylic acids is 1. The fraction of sp³-hybridized carbons (Fsp3) is 0.833. The van der Waals surface area contributed by atoms with Gasteiger partial charge in [-0.05, 0) is 0 Å². The summed E-state index contributed by atoms with van der Waals surface area (Å²) in [7, 11) is -4.82. The molecule has 7 N–H and O–H groups in total. The van der Waals surface area contributed by atoms with Crippen LogP contribution in [0.1, 0.15) is 0 Å². The Morgan fingerprint density at radius 1 is 1.06 bits per heavy atom. The molecule has 10 heteroatoms. The van der Waals surface area contributed by atoms with E-state index in [1.807, 2.05) is 0 Å². The highest BCUT2D eigenvalue weighted by Crippen LogP contribution is 2.05. The van der Waals surface area contributed by atoms with E-state index in [9.17, 15) is 4.79 Å².